The smallest absolute Gasteiger partial charge is 0.0454 e. The monoisotopic (exact) mass is 200 g/mol. The second-order valence-corrected chi connectivity index (χ2v) is 5.15. The van der Waals surface area contributed by atoms with Gasteiger partial charge in [-0.15, -0.1) is 0 Å². The Balaban J connectivity index is 2.06. The molecule has 1 aliphatic rings. The predicted molar refractivity (Wildman–Crippen MR) is 62.8 cm³/mol. The Kier molecular flexibility index (Phi) is 1.58. The Bertz CT molecular complexity index is 510. The van der Waals surface area contributed by atoms with E-state index in [0.29, 0.717) is 12.0 Å². The van der Waals surface area contributed by atoms with Gasteiger partial charge in [-0.3, -0.25) is 0 Å². The highest BCUT2D eigenvalue weighted by Crippen LogP contribution is 2.57. The lowest BCUT2D eigenvalue weighted by atomic mass is 10.0. The number of aromatic nitrogens is 1. The molecule has 0 saturated heterocycles. The average Bonchev–Trinajstić information content (AvgIpc) is 2.62. The number of rotatable bonds is 1. The summed E-state index contributed by atoms with van der Waals surface area (Å²) in [7, 11) is 0. The molecule has 1 heterocycles. The number of aromatic amines is 1. The second-order valence-electron chi connectivity index (χ2n) is 5.15. The highest BCUT2D eigenvalue weighted by Gasteiger charge is 2.56. The Morgan fingerprint density at radius 1 is 1.27 bits per heavy atom. The van der Waals surface area contributed by atoms with Gasteiger partial charge in [0.05, 0.1) is 0 Å². The molecule has 3 N–H and O–H groups in total. The van der Waals surface area contributed by atoms with Gasteiger partial charge in [0.2, 0.25) is 0 Å². The standard InChI is InChI=1S/C13H16N2/c1-13(2)11(12(13)14)9-3-4-10-8(7-9)5-6-15-10/h3-7,11-12,15H,14H2,1-2H3/t11-,12-/m1/s1. The normalized spacial score (nSPS) is 28.2. The van der Waals surface area contributed by atoms with E-state index in [-0.39, 0.29) is 5.41 Å². The third kappa shape index (κ3) is 1.15. The molecule has 2 nitrogen and oxygen atoms in total. The second kappa shape index (κ2) is 2.64. The molecule has 1 aliphatic carbocycles. The zero-order chi connectivity index (χ0) is 10.6. The Morgan fingerprint density at radius 3 is 2.67 bits per heavy atom. The summed E-state index contributed by atoms with van der Waals surface area (Å²) in [5.74, 6) is 0.525. The first-order valence-corrected chi connectivity index (χ1v) is 5.43. The molecule has 2 heteroatoms. The molecule has 0 bridgehead atoms. The maximum absolute atomic E-state index is 6.09. The minimum Gasteiger partial charge on any atom is -0.361 e. The first kappa shape index (κ1) is 8.98. The zero-order valence-corrected chi connectivity index (χ0v) is 9.12. The minimum absolute atomic E-state index is 0.268. The molecule has 0 radical (unpaired) electrons. The van der Waals surface area contributed by atoms with Crippen LogP contribution in [0.5, 0.6) is 0 Å². The van der Waals surface area contributed by atoms with Crippen molar-refractivity contribution in [3.8, 4) is 0 Å². The SMILES string of the molecule is CC1(C)[C@H](N)[C@H]1c1ccc2[nH]ccc2c1. The molecule has 1 fully saturated rings. The van der Waals surface area contributed by atoms with E-state index in [1.54, 1.807) is 0 Å². The van der Waals surface area contributed by atoms with Crippen molar-refractivity contribution in [2.24, 2.45) is 11.1 Å². The van der Waals surface area contributed by atoms with E-state index < -0.39 is 0 Å². The predicted octanol–water partition coefficient (Wildman–Crippen LogP) is 2.62. The van der Waals surface area contributed by atoms with Crippen molar-refractivity contribution in [1.82, 2.24) is 4.98 Å². The van der Waals surface area contributed by atoms with Crippen molar-refractivity contribution < 1.29 is 0 Å². The summed E-state index contributed by atoms with van der Waals surface area (Å²) in [6.07, 6.45) is 1.98. The summed E-state index contributed by atoms with van der Waals surface area (Å²) in [6.45, 7) is 4.48. The van der Waals surface area contributed by atoms with E-state index in [0.717, 1.165) is 0 Å². The molecule has 0 unspecified atom stereocenters. The van der Waals surface area contributed by atoms with E-state index >= 15 is 0 Å². The lowest BCUT2D eigenvalue weighted by Gasteiger charge is -2.02. The van der Waals surface area contributed by atoms with E-state index in [1.165, 1.54) is 16.5 Å². The van der Waals surface area contributed by atoms with Crippen molar-refractivity contribution in [2.75, 3.05) is 0 Å². The molecule has 2 aromatic rings. The fraction of sp³-hybridized carbons (Fsp3) is 0.385. The van der Waals surface area contributed by atoms with Crippen LogP contribution in [0.3, 0.4) is 0 Å². The van der Waals surface area contributed by atoms with Crippen LogP contribution in [0.4, 0.5) is 0 Å². The lowest BCUT2D eigenvalue weighted by Crippen LogP contribution is -2.06. The summed E-state index contributed by atoms with van der Waals surface area (Å²) in [5.41, 5.74) is 8.93. The summed E-state index contributed by atoms with van der Waals surface area (Å²) in [5, 5.41) is 1.28. The van der Waals surface area contributed by atoms with Crippen molar-refractivity contribution >= 4 is 10.9 Å². The van der Waals surface area contributed by atoms with Crippen molar-refractivity contribution in [3.63, 3.8) is 0 Å². The molecular weight excluding hydrogens is 184 g/mol. The van der Waals surface area contributed by atoms with Gasteiger partial charge in [-0.25, -0.2) is 0 Å². The van der Waals surface area contributed by atoms with Crippen LogP contribution < -0.4 is 5.73 Å². The van der Waals surface area contributed by atoms with Gasteiger partial charge in [-0.1, -0.05) is 19.9 Å². The van der Waals surface area contributed by atoms with Gasteiger partial charge >= 0.3 is 0 Å². The molecule has 15 heavy (non-hydrogen) atoms. The molecule has 78 valence electrons. The van der Waals surface area contributed by atoms with Crippen LogP contribution in [0.15, 0.2) is 30.5 Å². The molecule has 1 saturated carbocycles. The zero-order valence-electron chi connectivity index (χ0n) is 9.12. The van der Waals surface area contributed by atoms with Crippen LogP contribution in [-0.2, 0) is 0 Å². The van der Waals surface area contributed by atoms with Crippen LogP contribution in [0.25, 0.3) is 10.9 Å². The third-order valence-electron chi connectivity index (χ3n) is 3.85. The number of fused-ring (bicyclic) bond motifs is 1. The molecule has 3 rings (SSSR count). The highest BCUT2D eigenvalue weighted by molar-refractivity contribution is 5.80. The van der Waals surface area contributed by atoms with Gasteiger partial charge in [-0.05, 0) is 34.6 Å². The average molecular weight is 200 g/mol. The van der Waals surface area contributed by atoms with Crippen LogP contribution in [-0.4, -0.2) is 11.0 Å². The third-order valence-corrected chi connectivity index (χ3v) is 3.85. The minimum atomic E-state index is 0.268. The number of nitrogens with two attached hydrogens (primary N) is 1. The number of H-pyrrole nitrogens is 1. The van der Waals surface area contributed by atoms with E-state index in [9.17, 15) is 0 Å². The fourth-order valence-corrected chi connectivity index (χ4v) is 2.58. The lowest BCUT2D eigenvalue weighted by molar-refractivity contribution is 0.599. The van der Waals surface area contributed by atoms with Gasteiger partial charge in [-0.2, -0.15) is 0 Å². The first-order chi connectivity index (χ1) is 7.10. The van der Waals surface area contributed by atoms with Gasteiger partial charge < -0.3 is 10.7 Å². The number of nitrogens with one attached hydrogen (secondary N) is 1. The summed E-state index contributed by atoms with van der Waals surface area (Å²) >= 11 is 0. The van der Waals surface area contributed by atoms with Crippen LogP contribution in [0, 0.1) is 5.41 Å². The number of benzene rings is 1. The maximum Gasteiger partial charge on any atom is 0.0454 e. The Morgan fingerprint density at radius 2 is 2.00 bits per heavy atom. The van der Waals surface area contributed by atoms with Crippen molar-refractivity contribution in [3.05, 3.63) is 36.0 Å². The largest absolute Gasteiger partial charge is 0.361 e. The molecular formula is C13H16N2. The van der Waals surface area contributed by atoms with Crippen molar-refractivity contribution in [1.29, 1.82) is 0 Å². The summed E-state index contributed by atoms with van der Waals surface area (Å²) in [6, 6.07) is 9.02. The van der Waals surface area contributed by atoms with E-state index in [2.05, 4.69) is 43.1 Å². The molecule has 1 aromatic carbocycles. The van der Waals surface area contributed by atoms with Gasteiger partial charge in [0.25, 0.3) is 0 Å². The molecule has 0 spiro atoms. The number of hydrogen-bond donors (Lipinski definition) is 2. The van der Waals surface area contributed by atoms with Gasteiger partial charge in [0, 0.05) is 23.7 Å². The van der Waals surface area contributed by atoms with Gasteiger partial charge in [0.1, 0.15) is 0 Å². The van der Waals surface area contributed by atoms with Crippen LogP contribution >= 0.6 is 0 Å². The maximum atomic E-state index is 6.09. The van der Waals surface area contributed by atoms with Crippen molar-refractivity contribution in [2.45, 2.75) is 25.8 Å². The van der Waals surface area contributed by atoms with E-state index in [4.69, 9.17) is 5.73 Å². The summed E-state index contributed by atoms with van der Waals surface area (Å²) in [4.78, 5) is 3.21. The molecule has 2 atom stereocenters. The number of hydrogen-bond acceptors (Lipinski definition) is 1. The fourth-order valence-electron chi connectivity index (χ4n) is 2.58. The van der Waals surface area contributed by atoms with Crippen LogP contribution in [0.1, 0.15) is 25.3 Å². The quantitative estimate of drug-likeness (QED) is 0.730. The Labute approximate surface area is 89.5 Å². The summed E-state index contributed by atoms with van der Waals surface area (Å²) < 4.78 is 0. The van der Waals surface area contributed by atoms with E-state index in [1.807, 2.05) is 6.20 Å². The van der Waals surface area contributed by atoms with Gasteiger partial charge in [0.15, 0.2) is 0 Å². The topological polar surface area (TPSA) is 41.8 Å². The Hall–Kier alpha value is -1.28. The highest BCUT2D eigenvalue weighted by atomic mass is 14.8. The van der Waals surface area contributed by atoms with Crippen LogP contribution in [0.2, 0.25) is 0 Å². The molecule has 1 aromatic heterocycles. The first-order valence-electron chi connectivity index (χ1n) is 5.43. The molecule has 0 aliphatic heterocycles. The molecule has 0 amide bonds.